The van der Waals surface area contributed by atoms with Gasteiger partial charge in [0.15, 0.2) is 0 Å². The first-order chi connectivity index (χ1) is 25.2. The number of aliphatic hydroxyl groups is 1. The molecule has 3 N–H and O–H groups in total. The summed E-state index contributed by atoms with van der Waals surface area (Å²) < 4.78 is 0. The number of aromatic nitrogens is 2. The van der Waals surface area contributed by atoms with E-state index >= 15 is 0 Å². The molecule has 53 heavy (non-hydrogen) atoms. The Labute approximate surface area is 318 Å². The Morgan fingerprint density at radius 3 is 2.36 bits per heavy atom. The fourth-order valence-corrected chi connectivity index (χ4v) is 7.82. The summed E-state index contributed by atoms with van der Waals surface area (Å²) in [6.07, 6.45) is 4.52. The van der Waals surface area contributed by atoms with Gasteiger partial charge in [-0.05, 0) is 90.1 Å². The Hall–Kier alpha value is -4.32. The predicted octanol–water partition coefficient (Wildman–Crippen LogP) is 5.64. The molecule has 1 aliphatic rings. The Kier molecular flexibility index (Phi) is 13.3. The molecular formula is C42H54N6O4S. The molecule has 3 amide bonds. The van der Waals surface area contributed by atoms with Crippen molar-refractivity contribution in [3.8, 4) is 0 Å². The van der Waals surface area contributed by atoms with Crippen LogP contribution >= 0.6 is 11.8 Å². The average molecular weight is 739 g/mol. The van der Waals surface area contributed by atoms with Crippen LogP contribution in [0.25, 0.3) is 10.9 Å². The van der Waals surface area contributed by atoms with Crippen LogP contribution in [0.1, 0.15) is 76.0 Å². The number of nitrogens with zero attached hydrogens (tertiary/aromatic N) is 4. The summed E-state index contributed by atoms with van der Waals surface area (Å²) in [6.45, 7) is 12.2. The van der Waals surface area contributed by atoms with Crippen molar-refractivity contribution in [1.29, 1.82) is 0 Å². The molecule has 282 valence electrons. The molecule has 3 heterocycles. The van der Waals surface area contributed by atoms with Crippen LogP contribution in [0.3, 0.4) is 0 Å². The Bertz CT molecular complexity index is 1830. The van der Waals surface area contributed by atoms with Crippen LogP contribution in [0.5, 0.6) is 0 Å². The second-order valence-electron chi connectivity index (χ2n) is 16.0. The van der Waals surface area contributed by atoms with Gasteiger partial charge < -0.3 is 20.6 Å². The van der Waals surface area contributed by atoms with E-state index in [-0.39, 0.29) is 41.8 Å². The average Bonchev–Trinajstić information content (AvgIpc) is 3.12. The van der Waals surface area contributed by atoms with Gasteiger partial charge in [-0.2, -0.15) is 11.8 Å². The van der Waals surface area contributed by atoms with Gasteiger partial charge in [0.05, 0.1) is 23.7 Å². The normalized spacial score (nSPS) is 17.9. The number of benzene rings is 2. The summed E-state index contributed by atoms with van der Waals surface area (Å²) in [5.41, 5.74) is 1.95. The molecule has 2 aromatic heterocycles. The molecule has 0 radical (unpaired) electrons. The SMILES string of the molecule is CC(C)(C)NC(=O)[C@@H]1C[C@H](SCc2cccnc2)CCN1C[C@@H](O)[C@H](Cc1ccccc1)NC(=O)CN(C(=O)c1ccc2ccccc2n1)C(C)(C)C. The third-order valence-corrected chi connectivity index (χ3v) is 10.8. The van der Waals surface area contributed by atoms with E-state index in [4.69, 9.17) is 0 Å². The largest absolute Gasteiger partial charge is 0.390 e. The fourth-order valence-electron chi connectivity index (χ4n) is 6.63. The highest BCUT2D eigenvalue weighted by Crippen LogP contribution is 2.31. The number of amides is 3. The summed E-state index contributed by atoms with van der Waals surface area (Å²) >= 11 is 1.83. The summed E-state index contributed by atoms with van der Waals surface area (Å²) in [4.78, 5) is 54.0. The van der Waals surface area contributed by atoms with Gasteiger partial charge in [-0.15, -0.1) is 0 Å². The number of aliphatic hydroxyl groups excluding tert-OH is 1. The van der Waals surface area contributed by atoms with E-state index in [0.29, 0.717) is 24.9 Å². The Balaban J connectivity index is 1.32. The number of β-amino-alcohol motifs (C(OH)–C–C–N with tert-alkyl or cyclic N) is 1. The number of carbonyl (C=O) groups is 3. The molecule has 0 spiro atoms. The fraction of sp³-hybridized carbons (Fsp3) is 0.452. The zero-order valence-corrected chi connectivity index (χ0v) is 32.6. The molecule has 5 rings (SSSR count). The first-order valence-corrected chi connectivity index (χ1v) is 19.5. The molecule has 0 unspecified atom stereocenters. The van der Waals surface area contributed by atoms with Gasteiger partial charge in [0.25, 0.3) is 5.91 Å². The van der Waals surface area contributed by atoms with Crippen LogP contribution in [0.2, 0.25) is 0 Å². The van der Waals surface area contributed by atoms with Crippen LogP contribution < -0.4 is 10.6 Å². The molecule has 2 aromatic carbocycles. The van der Waals surface area contributed by atoms with Crippen molar-refractivity contribution in [2.75, 3.05) is 19.6 Å². The lowest BCUT2D eigenvalue weighted by molar-refractivity contribution is -0.130. The van der Waals surface area contributed by atoms with Crippen LogP contribution in [0, 0.1) is 0 Å². The van der Waals surface area contributed by atoms with Gasteiger partial charge in [0.1, 0.15) is 12.2 Å². The van der Waals surface area contributed by atoms with Crippen molar-refractivity contribution in [3.05, 3.63) is 108 Å². The molecule has 1 saturated heterocycles. The smallest absolute Gasteiger partial charge is 0.273 e. The van der Waals surface area contributed by atoms with Gasteiger partial charge in [0.2, 0.25) is 11.8 Å². The molecule has 0 bridgehead atoms. The Morgan fingerprint density at radius 2 is 1.66 bits per heavy atom. The maximum absolute atomic E-state index is 13.9. The first kappa shape index (κ1) is 39.9. The van der Waals surface area contributed by atoms with Gasteiger partial charge in [-0.3, -0.25) is 24.3 Å². The molecule has 10 nitrogen and oxygen atoms in total. The van der Waals surface area contributed by atoms with Crippen LogP contribution in [0.15, 0.2) is 91.3 Å². The monoisotopic (exact) mass is 738 g/mol. The van der Waals surface area contributed by atoms with Crippen molar-refractivity contribution in [3.63, 3.8) is 0 Å². The highest BCUT2D eigenvalue weighted by atomic mass is 32.2. The number of likely N-dealkylation sites (tertiary alicyclic amines) is 1. The van der Waals surface area contributed by atoms with Gasteiger partial charge in [-0.25, -0.2) is 4.98 Å². The van der Waals surface area contributed by atoms with E-state index in [2.05, 4.69) is 31.6 Å². The maximum atomic E-state index is 13.9. The minimum atomic E-state index is -0.996. The number of fused-ring (bicyclic) bond motifs is 1. The molecule has 4 atom stereocenters. The van der Waals surface area contributed by atoms with Crippen molar-refractivity contribution >= 4 is 40.4 Å². The summed E-state index contributed by atoms with van der Waals surface area (Å²) in [5.74, 6) is 0.00375. The quantitative estimate of drug-likeness (QED) is 0.161. The van der Waals surface area contributed by atoms with Crippen LogP contribution in [0.4, 0.5) is 0 Å². The number of pyridine rings is 2. The number of hydrogen-bond donors (Lipinski definition) is 3. The topological polar surface area (TPSA) is 128 Å². The van der Waals surface area contributed by atoms with Crippen LogP contribution in [-0.4, -0.2) is 96.7 Å². The molecule has 11 heteroatoms. The van der Waals surface area contributed by atoms with Crippen molar-refractivity contribution in [1.82, 2.24) is 30.4 Å². The lowest BCUT2D eigenvalue weighted by Crippen LogP contribution is -2.59. The number of carbonyl (C=O) groups excluding carboxylic acids is 3. The number of rotatable bonds is 13. The van der Waals surface area contributed by atoms with E-state index in [1.165, 1.54) is 4.90 Å². The number of para-hydroxylation sites is 1. The summed E-state index contributed by atoms with van der Waals surface area (Å²) in [7, 11) is 0. The van der Waals surface area contributed by atoms with Crippen LogP contribution in [-0.2, 0) is 21.8 Å². The van der Waals surface area contributed by atoms with Gasteiger partial charge in [0, 0.05) is 53.0 Å². The first-order valence-electron chi connectivity index (χ1n) is 18.4. The summed E-state index contributed by atoms with van der Waals surface area (Å²) in [5, 5.41) is 19.3. The molecule has 1 aliphatic heterocycles. The minimum absolute atomic E-state index is 0.0679. The zero-order chi connectivity index (χ0) is 38.2. The van der Waals surface area contributed by atoms with E-state index in [9.17, 15) is 19.5 Å². The maximum Gasteiger partial charge on any atom is 0.273 e. The highest BCUT2D eigenvalue weighted by molar-refractivity contribution is 7.99. The molecule has 1 fully saturated rings. The summed E-state index contributed by atoms with van der Waals surface area (Å²) in [6, 6.07) is 23.7. The molecule has 4 aromatic rings. The number of hydrogen-bond acceptors (Lipinski definition) is 8. The molecule has 0 aliphatic carbocycles. The van der Waals surface area contributed by atoms with Crippen molar-refractivity contribution < 1.29 is 19.5 Å². The van der Waals surface area contributed by atoms with Gasteiger partial charge >= 0.3 is 0 Å². The van der Waals surface area contributed by atoms with E-state index in [1.807, 2.05) is 126 Å². The third kappa shape index (κ3) is 11.6. The van der Waals surface area contributed by atoms with E-state index in [0.717, 1.165) is 28.7 Å². The third-order valence-electron chi connectivity index (χ3n) is 9.38. The predicted molar refractivity (Wildman–Crippen MR) is 212 cm³/mol. The van der Waals surface area contributed by atoms with Crippen molar-refractivity contribution in [2.24, 2.45) is 0 Å². The Morgan fingerprint density at radius 1 is 0.943 bits per heavy atom. The standard InChI is InChI=1S/C42H54N6O4S/c1-41(2,3)46-39(51)36-24-32(53-28-30-15-12-21-43-25-30)20-22-47(36)26-37(49)35(23-29-13-8-7-9-14-29)45-38(50)27-48(42(4,5)6)40(52)34-19-18-31-16-10-11-17-33(31)44-34/h7-19,21,25,32,35-37,49H,20,22-24,26-28H2,1-6H3,(H,45,50)(H,46,51)/t32-,35+,36+,37-/m1/s1. The lowest BCUT2D eigenvalue weighted by Gasteiger charge is -2.41. The van der Waals surface area contributed by atoms with E-state index in [1.54, 1.807) is 12.3 Å². The molecular weight excluding hydrogens is 685 g/mol. The van der Waals surface area contributed by atoms with Gasteiger partial charge in [-0.1, -0.05) is 60.7 Å². The minimum Gasteiger partial charge on any atom is -0.390 e. The highest BCUT2D eigenvalue weighted by Gasteiger charge is 2.38. The number of piperidine rings is 1. The number of thioether (sulfide) groups is 1. The second-order valence-corrected chi connectivity index (χ2v) is 17.2. The second kappa shape index (κ2) is 17.7. The number of nitrogens with one attached hydrogen (secondary N) is 2. The van der Waals surface area contributed by atoms with Crippen molar-refractivity contribution in [2.45, 2.75) is 101 Å². The lowest BCUT2D eigenvalue weighted by atomic mass is 9.96. The van der Waals surface area contributed by atoms with E-state index < -0.39 is 29.3 Å². The molecule has 0 saturated carbocycles. The zero-order valence-electron chi connectivity index (χ0n) is 31.8.